The van der Waals surface area contributed by atoms with E-state index in [1.807, 2.05) is 44.6 Å². The summed E-state index contributed by atoms with van der Waals surface area (Å²) in [5.74, 6) is -0.0862. The molecule has 0 bridgehead atoms. The molecule has 0 aliphatic carbocycles. The number of nitrogens with zero attached hydrogens (tertiary/aromatic N) is 2. The number of halogens is 1. The van der Waals surface area contributed by atoms with E-state index in [1.54, 1.807) is 12.1 Å². The van der Waals surface area contributed by atoms with E-state index >= 15 is 0 Å². The van der Waals surface area contributed by atoms with Gasteiger partial charge < -0.3 is 19.5 Å². The Kier molecular flexibility index (Phi) is 4.58. The first-order valence-corrected chi connectivity index (χ1v) is 8.99. The Labute approximate surface area is 157 Å². The Morgan fingerprint density at radius 3 is 2.89 bits per heavy atom. The molecular weight excluding hydrogens is 345 g/mol. The maximum atomic E-state index is 14.2. The van der Waals surface area contributed by atoms with Gasteiger partial charge in [-0.25, -0.2) is 4.39 Å². The van der Waals surface area contributed by atoms with Crippen molar-refractivity contribution in [3.63, 3.8) is 0 Å². The predicted molar refractivity (Wildman–Crippen MR) is 103 cm³/mol. The minimum atomic E-state index is -0.488. The zero-order valence-electron chi connectivity index (χ0n) is 15.4. The normalized spacial score (nSPS) is 15.8. The highest BCUT2D eigenvalue weighted by atomic mass is 19.1. The van der Waals surface area contributed by atoms with Crippen LogP contribution in [0.2, 0.25) is 0 Å². The highest BCUT2D eigenvalue weighted by Gasteiger charge is 2.29. The smallest absolute Gasteiger partial charge is 0.254 e. The van der Waals surface area contributed by atoms with Crippen LogP contribution in [0.15, 0.2) is 48.7 Å². The summed E-state index contributed by atoms with van der Waals surface area (Å²) in [6.07, 6.45) is 1.88. The molecule has 1 atom stereocenters. The van der Waals surface area contributed by atoms with Crippen LogP contribution >= 0.6 is 0 Å². The number of amides is 1. The van der Waals surface area contributed by atoms with Gasteiger partial charge in [0, 0.05) is 30.2 Å². The first-order valence-electron chi connectivity index (χ1n) is 8.99. The van der Waals surface area contributed by atoms with Crippen molar-refractivity contribution in [2.75, 3.05) is 27.2 Å². The topological polar surface area (TPSA) is 46.5 Å². The summed E-state index contributed by atoms with van der Waals surface area (Å²) in [6.45, 7) is 1.89. The van der Waals surface area contributed by atoms with E-state index in [-0.39, 0.29) is 18.3 Å². The molecule has 0 saturated carbocycles. The number of para-hydroxylation sites is 1. The number of likely N-dealkylation sites (N-methyl/N-ethyl adjacent to an activating group) is 1. The van der Waals surface area contributed by atoms with E-state index in [9.17, 15) is 9.18 Å². The molecule has 1 aromatic heterocycles. The number of nitrogens with one attached hydrogen (secondary N) is 1. The van der Waals surface area contributed by atoms with Crippen molar-refractivity contribution in [3.05, 3.63) is 65.6 Å². The Balaban J connectivity index is 1.63. The van der Waals surface area contributed by atoms with Crippen molar-refractivity contribution < 1.29 is 13.9 Å². The molecule has 1 N–H and O–H groups in total. The molecule has 0 saturated heterocycles. The van der Waals surface area contributed by atoms with E-state index in [0.717, 1.165) is 24.0 Å². The van der Waals surface area contributed by atoms with Crippen molar-refractivity contribution in [2.45, 2.75) is 12.6 Å². The highest BCUT2D eigenvalue weighted by Crippen LogP contribution is 2.34. The SMILES string of the molecule is CN(C)CCn1cc(C(=O)NC2COc3cccc(F)c32)c2ccccc21. The summed E-state index contributed by atoms with van der Waals surface area (Å²) in [5, 5.41) is 3.83. The summed E-state index contributed by atoms with van der Waals surface area (Å²) in [4.78, 5) is 15.1. The predicted octanol–water partition coefficient (Wildman–Crippen LogP) is 3.21. The Morgan fingerprint density at radius 1 is 1.26 bits per heavy atom. The van der Waals surface area contributed by atoms with E-state index in [4.69, 9.17) is 4.74 Å². The number of benzene rings is 2. The monoisotopic (exact) mass is 367 g/mol. The summed E-state index contributed by atoms with van der Waals surface area (Å²) in [6, 6.07) is 12.1. The Morgan fingerprint density at radius 2 is 2.07 bits per heavy atom. The van der Waals surface area contributed by atoms with E-state index in [0.29, 0.717) is 16.9 Å². The van der Waals surface area contributed by atoms with Gasteiger partial charge in [-0.15, -0.1) is 0 Å². The molecule has 5 nitrogen and oxygen atoms in total. The summed E-state index contributed by atoms with van der Waals surface area (Å²) in [5.41, 5.74) is 2.02. The lowest BCUT2D eigenvalue weighted by Crippen LogP contribution is -2.29. The first kappa shape index (κ1) is 17.5. The van der Waals surface area contributed by atoms with Gasteiger partial charge in [0.2, 0.25) is 0 Å². The number of hydrogen-bond acceptors (Lipinski definition) is 3. The molecule has 3 aromatic rings. The van der Waals surface area contributed by atoms with Crippen LogP contribution in [0.4, 0.5) is 4.39 Å². The molecular formula is C21H22FN3O2. The van der Waals surface area contributed by atoms with Crippen molar-refractivity contribution in [2.24, 2.45) is 0 Å². The fourth-order valence-corrected chi connectivity index (χ4v) is 3.51. The Hall–Kier alpha value is -2.86. The number of carbonyl (C=O) groups is 1. The third-order valence-electron chi connectivity index (χ3n) is 4.89. The molecule has 1 unspecified atom stereocenters. The molecule has 4 rings (SSSR count). The lowest BCUT2D eigenvalue weighted by atomic mass is 10.1. The molecule has 140 valence electrons. The van der Waals surface area contributed by atoms with Crippen LogP contribution in [0.25, 0.3) is 10.9 Å². The average molecular weight is 367 g/mol. The average Bonchev–Trinajstić information content (AvgIpc) is 3.22. The molecule has 0 fully saturated rings. The maximum Gasteiger partial charge on any atom is 0.254 e. The van der Waals surface area contributed by atoms with Crippen LogP contribution < -0.4 is 10.1 Å². The molecule has 6 heteroatoms. The molecule has 1 aliphatic heterocycles. The van der Waals surface area contributed by atoms with Crippen molar-refractivity contribution in [1.82, 2.24) is 14.8 Å². The standard InChI is InChI=1S/C21H22FN3O2/c1-24(2)10-11-25-12-15(14-6-3-4-8-18(14)25)21(26)23-17-13-27-19-9-5-7-16(22)20(17)19/h3-9,12,17H,10-11,13H2,1-2H3,(H,23,26). The molecule has 27 heavy (non-hydrogen) atoms. The van der Waals surface area contributed by atoms with Gasteiger partial charge in [-0.3, -0.25) is 4.79 Å². The number of carbonyl (C=O) groups excluding carboxylic acids is 1. The van der Waals surface area contributed by atoms with Gasteiger partial charge in [-0.1, -0.05) is 24.3 Å². The fourth-order valence-electron chi connectivity index (χ4n) is 3.51. The van der Waals surface area contributed by atoms with Crippen LogP contribution in [0.3, 0.4) is 0 Å². The number of hydrogen-bond donors (Lipinski definition) is 1. The summed E-state index contributed by atoms with van der Waals surface area (Å²) in [7, 11) is 4.04. The fraction of sp³-hybridized carbons (Fsp3) is 0.286. The number of ether oxygens (including phenoxy) is 1. The number of fused-ring (bicyclic) bond motifs is 2. The summed E-state index contributed by atoms with van der Waals surface area (Å²) < 4.78 is 21.8. The van der Waals surface area contributed by atoms with E-state index in [1.165, 1.54) is 6.07 Å². The van der Waals surface area contributed by atoms with Crippen molar-refractivity contribution >= 4 is 16.8 Å². The zero-order chi connectivity index (χ0) is 19.0. The minimum absolute atomic E-state index is 0.223. The maximum absolute atomic E-state index is 14.2. The van der Waals surface area contributed by atoms with Gasteiger partial charge in [-0.05, 0) is 32.3 Å². The largest absolute Gasteiger partial charge is 0.491 e. The van der Waals surface area contributed by atoms with Gasteiger partial charge in [0.05, 0.1) is 17.2 Å². The zero-order valence-corrected chi connectivity index (χ0v) is 15.4. The Bertz CT molecular complexity index is 996. The second-order valence-corrected chi connectivity index (χ2v) is 7.05. The van der Waals surface area contributed by atoms with Gasteiger partial charge in [0.25, 0.3) is 5.91 Å². The number of aromatic nitrogens is 1. The number of rotatable bonds is 5. The highest BCUT2D eigenvalue weighted by molar-refractivity contribution is 6.07. The van der Waals surface area contributed by atoms with Crippen molar-refractivity contribution in [1.29, 1.82) is 0 Å². The second kappa shape index (κ2) is 7.04. The summed E-state index contributed by atoms with van der Waals surface area (Å²) >= 11 is 0. The van der Waals surface area contributed by atoms with Gasteiger partial charge in [0.15, 0.2) is 0 Å². The minimum Gasteiger partial charge on any atom is -0.491 e. The van der Waals surface area contributed by atoms with Crippen LogP contribution in [0.1, 0.15) is 22.0 Å². The molecule has 2 heterocycles. The van der Waals surface area contributed by atoms with Crippen LogP contribution in [-0.4, -0.2) is 42.6 Å². The van der Waals surface area contributed by atoms with Crippen LogP contribution in [0, 0.1) is 5.82 Å². The lowest BCUT2D eigenvalue weighted by Gasteiger charge is -2.12. The van der Waals surface area contributed by atoms with Crippen LogP contribution in [-0.2, 0) is 6.54 Å². The molecule has 0 spiro atoms. The molecule has 0 radical (unpaired) electrons. The quantitative estimate of drug-likeness (QED) is 0.753. The van der Waals surface area contributed by atoms with Crippen LogP contribution in [0.5, 0.6) is 5.75 Å². The van der Waals surface area contributed by atoms with E-state index < -0.39 is 6.04 Å². The molecule has 2 aromatic carbocycles. The second-order valence-electron chi connectivity index (χ2n) is 7.05. The van der Waals surface area contributed by atoms with Gasteiger partial charge in [0.1, 0.15) is 18.2 Å². The third-order valence-corrected chi connectivity index (χ3v) is 4.89. The molecule has 1 amide bonds. The van der Waals surface area contributed by atoms with Gasteiger partial charge >= 0.3 is 0 Å². The third kappa shape index (κ3) is 3.28. The van der Waals surface area contributed by atoms with Crippen molar-refractivity contribution in [3.8, 4) is 5.75 Å². The van der Waals surface area contributed by atoms with Gasteiger partial charge in [-0.2, -0.15) is 0 Å². The first-order chi connectivity index (χ1) is 13.0. The lowest BCUT2D eigenvalue weighted by molar-refractivity contribution is 0.0931. The van der Waals surface area contributed by atoms with E-state index in [2.05, 4.69) is 14.8 Å². The molecule has 1 aliphatic rings.